The highest BCUT2D eigenvalue weighted by atomic mass is 16.6. The molecule has 1 fully saturated rings. The summed E-state index contributed by atoms with van der Waals surface area (Å²) in [6.07, 6.45) is 3.80. The second-order valence-corrected chi connectivity index (χ2v) is 6.40. The van der Waals surface area contributed by atoms with Gasteiger partial charge in [-0.25, -0.2) is 19.1 Å². The van der Waals surface area contributed by atoms with Crippen LogP contribution in [0.3, 0.4) is 0 Å². The molecule has 1 aliphatic heterocycles. The highest BCUT2D eigenvalue weighted by Gasteiger charge is 2.31. The number of rotatable bonds is 1. The van der Waals surface area contributed by atoms with Crippen LogP contribution in [0.2, 0.25) is 0 Å². The lowest BCUT2D eigenvalue weighted by molar-refractivity contribution is -0.143. The predicted octanol–water partition coefficient (Wildman–Crippen LogP) is 2.04. The molecule has 0 spiro atoms. The van der Waals surface area contributed by atoms with Gasteiger partial charge >= 0.3 is 18.2 Å². The molecule has 8 nitrogen and oxygen atoms in total. The first-order valence-corrected chi connectivity index (χ1v) is 7.48. The van der Waals surface area contributed by atoms with E-state index in [1.807, 2.05) is 0 Å². The third kappa shape index (κ3) is 4.80. The summed E-state index contributed by atoms with van der Waals surface area (Å²) in [6, 6.07) is 0. The van der Waals surface area contributed by atoms with Gasteiger partial charge in [0, 0.05) is 25.5 Å². The number of hydrogen-bond acceptors (Lipinski definition) is 6. The zero-order valence-electron chi connectivity index (χ0n) is 13.5. The van der Waals surface area contributed by atoms with Crippen molar-refractivity contribution in [3.05, 3.63) is 18.7 Å². The Morgan fingerprint density at radius 2 is 1.78 bits per heavy atom. The Morgan fingerprint density at radius 3 is 2.30 bits per heavy atom. The molecule has 1 aliphatic rings. The van der Waals surface area contributed by atoms with Gasteiger partial charge < -0.3 is 14.4 Å². The fourth-order valence-corrected chi connectivity index (χ4v) is 2.21. The van der Waals surface area contributed by atoms with Crippen molar-refractivity contribution in [1.29, 1.82) is 0 Å². The molecule has 0 unspecified atom stereocenters. The van der Waals surface area contributed by atoms with E-state index in [1.54, 1.807) is 25.7 Å². The second-order valence-electron chi connectivity index (χ2n) is 6.40. The van der Waals surface area contributed by atoms with E-state index in [2.05, 4.69) is 4.98 Å². The summed E-state index contributed by atoms with van der Waals surface area (Å²) in [7, 11) is 0. The van der Waals surface area contributed by atoms with Crippen molar-refractivity contribution in [1.82, 2.24) is 14.5 Å². The van der Waals surface area contributed by atoms with Crippen LogP contribution in [-0.4, -0.2) is 51.3 Å². The number of carbonyl (C=O) groups is 3. The Labute approximate surface area is 134 Å². The monoisotopic (exact) mass is 323 g/mol. The van der Waals surface area contributed by atoms with Crippen molar-refractivity contribution in [3.63, 3.8) is 0 Å². The standard InChI is InChI=1S/C15H21N3O5/c1-15(2,3)23-14(21)17-7-4-11(5-8-17)12(19)22-13(20)18-9-6-16-10-18/h6,9-11H,4-5,7-8H2,1-3H3. The average Bonchev–Trinajstić information content (AvgIpc) is 3.00. The molecule has 23 heavy (non-hydrogen) atoms. The van der Waals surface area contributed by atoms with Gasteiger partial charge in [-0.2, -0.15) is 0 Å². The Kier molecular flexibility index (Phi) is 5.02. The maximum atomic E-state index is 12.0. The first kappa shape index (κ1) is 17.0. The molecule has 1 saturated heterocycles. The number of piperidine rings is 1. The normalized spacial score (nSPS) is 16.0. The fraction of sp³-hybridized carbons (Fsp3) is 0.600. The van der Waals surface area contributed by atoms with Gasteiger partial charge in [0.05, 0.1) is 5.92 Å². The molecule has 0 bridgehead atoms. The molecule has 0 N–H and O–H groups in total. The molecule has 2 rings (SSSR count). The highest BCUT2D eigenvalue weighted by Crippen LogP contribution is 2.21. The molecule has 2 heterocycles. The number of ether oxygens (including phenoxy) is 2. The zero-order valence-corrected chi connectivity index (χ0v) is 13.5. The molecule has 0 aromatic carbocycles. The van der Waals surface area contributed by atoms with Crippen LogP contribution in [0.25, 0.3) is 0 Å². The van der Waals surface area contributed by atoms with E-state index in [0.717, 1.165) is 4.57 Å². The number of aromatic nitrogens is 2. The maximum Gasteiger partial charge on any atom is 0.427 e. The van der Waals surface area contributed by atoms with Crippen LogP contribution >= 0.6 is 0 Å². The minimum absolute atomic E-state index is 0.390. The zero-order chi connectivity index (χ0) is 17.0. The number of amides is 1. The summed E-state index contributed by atoms with van der Waals surface area (Å²) in [4.78, 5) is 40.9. The van der Waals surface area contributed by atoms with Gasteiger partial charge in [0.1, 0.15) is 11.9 Å². The molecule has 8 heteroatoms. The lowest BCUT2D eigenvalue weighted by Gasteiger charge is -2.32. The first-order valence-electron chi connectivity index (χ1n) is 7.48. The quantitative estimate of drug-likeness (QED) is 0.580. The van der Waals surface area contributed by atoms with Crippen molar-refractivity contribution in [2.24, 2.45) is 5.92 Å². The Balaban J connectivity index is 1.81. The van der Waals surface area contributed by atoms with Gasteiger partial charge in [0.25, 0.3) is 0 Å². The number of hydrogen-bond donors (Lipinski definition) is 0. The lowest BCUT2D eigenvalue weighted by atomic mass is 9.97. The van der Waals surface area contributed by atoms with Crippen LogP contribution < -0.4 is 0 Å². The average molecular weight is 323 g/mol. The van der Waals surface area contributed by atoms with E-state index >= 15 is 0 Å². The molecule has 1 aromatic rings. The fourth-order valence-electron chi connectivity index (χ4n) is 2.21. The summed E-state index contributed by atoms with van der Waals surface area (Å²) in [5.41, 5.74) is -0.552. The van der Waals surface area contributed by atoms with Crippen molar-refractivity contribution in [2.75, 3.05) is 13.1 Å². The van der Waals surface area contributed by atoms with Crippen molar-refractivity contribution < 1.29 is 23.9 Å². The number of likely N-dealkylation sites (tertiary alicyclic amines) is 1. The van der Waals surface area contributed by atoms with Crippen LogP contribution in [-0.2, 0) is 14.3 Å². The topological polar surface area (TPSA) is 90.7 Å². The van der Waals surface area contributed by atoms with E-state index in [4.69, 9.17) is 9.47 Å². The number of nitrogens with zero attached hydrogens (tertiary/aromatic N) is 3. The van der Waals surface area contributed by atoms with Crippen LogP contribution in [0, 0.1) is 5.92 Å². The molecule has 0 atom stereocenters. The van der Waals surface area contributed by atoms with E-state index in [1.165, 1.54) is 18.7 Å². The molecular weight excluding hydrogens is 302 g/mol. The minimum Gasteiger partial charge on any atom is -0.444 e. The van der Waals surface area contributed by atoms with E-state index in [9.17, 15) is 14.4 Å². The molecule has 0 radical (unpaired) electrons. The summed E-state index contributed by atoms with van der Waals surface area (Å²) in [6.45, 7) is 6.20. The number of imidazole rings is 1. The first-order chi connectivity index (χ1) is 10.8. The van der Waals surface area contributed by atoms with Gasteiger partial charge in [0.2, 0.25) is 0 Å². The Morgan fingerprint density at radius 1 is 1.13 bits per heavy atom. The third-order valence-corrected chi connectivity index (χ3v) is 3.38. The molecule has 126 valence electrons. The van der Waals surface area contributed by atoms with Gasteiger partial charge in [-0.3, -0.25) is 4.79 Å². The van der Waals surface area contributed by atoms with E-state index in [-0.39, 0.29) is 6.09 Å². The SMILES string of the molecule is CC(C)(C)OC(=O)N1CCC(C(=O)OC(=O)n2ccnc2)CC1. The number of esters is 1. The summed E-state index contributed by atoms with van der Waals surface area (Å²) in [5, 5.41) is 0. The molecule has 1 amide bonds. The largest absolute Gasteiger partial charge is 0.444 e. The summed E-state index contributed by atoms with van der Waals surface area (Å²) >= 11 is 0. The highest BCUT2D eigenvalue weighted by molar-refractivity contribution is 5.87. The Bertz CT molecular complexity index is 568. The minimum atomic E-state index is -0.776. The van der Waals surface area contributed by atoms with E-state index in [0.29, 0.717) is 25.9 Å². The second kappa shape index (κ2) is 6.80. The summed E-state index contributed by atoms with van der Waals surface area (Å²) < 4.78 is 11.2. The van der Waals surface area contributed by atoms with Crippen molar-refractivity contribution in [2.45, 2.75) is 39.2 Å². The maximum absolute atomic E-state index is 12.0. The molecule has 0 aliphatic carbocycles. The summed E-state index contributed by atoms with van der Waals surface area (Å²) in [5.74, 6) is -0.978. The smallest absolute Gasteiger partial charge is 0.427 e. The van der Waals surface area contributed by atoms with Crippen LogP contribution in [0.5, 0.6) is 0 Å². The molecule has 1 aromatic heterocycles. The third-order valence-electron chi connectivity index (χ3n) is 3.38. The molecule has 0 saturated carbocycles. The van der Waals surface area contributed by atoms with Gasteiger partial charge in [-0.15, -0.1) is 0 Å². The Hall–Kier alpha value is -2.38. The molecular formula is C15H21N3O5. The van der Waals surface area contributed by atoms with Gasteiger partial charge in [0.15, 0.2) is 0 Å². The van der Waals surface area contributed by atoms with Crippen LogP contribution in [0.15, 0.2) is 18.7 Å². The van der Waals surface area contributed by atoms with E-state index < -0.39 is 23.6 Å². The predicted molar refractivity (Wildman–Crippen MR) is 79.6 cm³/mol. The lowest BCUT2D eigenvalue weighted by Crippen LogP contribution is -2.43. The van der Waals surface area contributed by atoms with Gasteiger partial charge in [-0.1, -0.05) is 0 Å². The van der Waals surface area contributed by atoms with Crippen molar-refractivity contribution in [3.8, 4) is 0 Å². The number of carbonyl (C=O) groups excluding carboxylic acids is 3. The van der Waals surface area contributed by atoms with Crippen LogP contribution in [0.1, 0.15) is 33.6 Å². The van der Waals surface area contributed by atoms with Gasteiger partial charge in [-0.05, 0) is 33.6 Å². The van der Waals surface area contributed by atoms with Crippen LogP contribution in [0.4, 0.5) is 9.59 Å². The van der Waals surface area contributed by atoms with Crippen molar-refractivity contribution >= 4 is 18.2 Å².